The summed E-state index contributed by atoms with van der Waals surface area (Å²) >= 11 is 0. The average molecular weight is 503 g/mol. The van der Waals surface area contributed by atoms with Crippen LogP contribution in [0.5, 0.6) is 0 Å². The minimum absolute atomic E-state index is 0.0135. The van der Waals surface area contributed by atoms with Crippen molar-refractivity contribution in [2.75, 3.05) is 18.4 Å². The van der Waals surface area contributed by atoms with Crippen LogP contribution < -0.4 is 5.32 Å². The molecule has 0 saturated heterocycles. The summed E-state index contributed by atoms with van der Waals surface area (Å²) in [4.78, 5) is 28.2. The van der Waals surface area contributed by atoms with Crippen LogP contribution in [0.3, 0.4) is 0 Å². The van der Waals surface area contributed by atoms with Gasteiger partial charge in [-0.25, -0.2) is 4.68 Å². The number of nitrogens with one attached hydrogen (secondary N) is 1. The molecule has 0 bridgehead atoms. The molecule has 0 aliphatic heterocycles. The summed E-state index contributed by atoms with van der Waals surface area (Å²) in [5.74, 6) is 0.243. The van der Waals surface area contributed by atoms with Crippen LogP contribution >= 0.6 is 0 Å². The number of benzene rings is 2. The lowest BCUT2D eigenvalue weighted by molar-refractivity contribution is -0.117. The van der Waals surface area contributed by atoms with Gasteiger partial charge >= 0.3 is 0 Å². The minimum Gasteiger partial charge on any atom is -0.329 e. The van der Waals surface area contributed by atoms with Crippen LogP contribution in [0.4, 0.5) is 5.82 Å². The van der Waals surface area contributed by atoms with Gasteiger partial charge in [-0.3, -0.25) is 9.59 Å². The van der Waals surface area contributed by atoms with Gasteiger partial charge in [-0.15, -0.1) is 0 Å². The van der Waals surface area contributed by atoms with Gasteiger partial charge in [-0.05, 0) is 56.0 Å². The molecular weight excluding hydrogens is 460 g/mol. The van der Waals surface area contributed by atoms with Gasteiger partial charge in [-0.1, -0.05) is 77.3 Å². The molecule has 0 fully saturated rings. The third-order valence-corrected chi connectivity index (χ3v) is 6.45. The fourth-order valence-electron chi connectivity index (χ4n) is 4.05. The first-order chi connectivity index (χ1) is 17.6. The molecule has 3 aromatic rings. The smallest absolute Gasteiger partial charge is 0.254 e. The Morgan fingerprint density at radius 2 is 1.59 bits per heavy atom. The molecule has 37 heavy (non-hydrogen) atoms. The van der Waals surface area contributed by atoms with Crippen LogP contribution in [-0.4, -0.2) is 39.6 Å². The quantitative estimate of drug-likeness (QED) is 0.317. The van der Waals surface area contributed by atoms with Gasteiger partial charge in [0.15, 0.2) is 0 Å². The van der Waals surface area contributed by atoms with Crippen molar-refractivity contribution in [1.82, 2.24) is 14.7 Å². The lowest BCUT2D eigenvalue weighted by atomic mass is 9.92. The number of amides is 2. The van der Waals surface area contributed by atoms with Gasteiger partial charge in [0.1, 0.15) is 12.4 Å². The van der Waals surface area contributed by atoms with Crippen LogP contribution in [0, 0.1) is 6.92 Å². The molecule has 0 atom stereocenters. The number of nitrogens with zero attached hydrogens (tertiary/aromatic N) is 3. The molecule has 6 heteroatoms. The molecule has 1 N–H and O–H groups in total. The second-order valence-electron chi connectivity index (χ2n) is 10.8. The number of aryl methyl sites for hydroxylation is 2. The summed E-state index contributed by atoms with van der Waals surface area (Å²) in [6.45, 7) is 13.1. The third kappa shape index (κ3) is 7.78. The van der Waals surface area contributed by atoms with Gasteiger partial charge in [0.05, 0.1) is 11.4 Å². The number of hydrogen-bond donors (Lipinski definition) is 1. The van der Waals surface area contributed by atoms with E-state index in [-0.39, 0.29) is 23.8 Å². The van der Waals surface area contributed by atoms with E-state index in [4.69, 9.17) is 5.10 Å². The zero-order valence-electron chi connectivity index (χ0n) is 23.3. The molecule has 1 aromatic heterocycles. The minimum atomic E-state index is -0.238. The van der Waals surface area contributed by atoms with Gasteiger partial charge in [0.2, 0.25) is 5.91 Å². The Morgan fingerprint density at radius 3 is 2.19 bits per heavy atom. The van der Waals surface area contributed by atoms with Gasteiger partial charge in [0, 0.05) is 23.6 Å². The van der Waals surface area contributed by atoms with Crippen LogP contribution in [0.25, 0.3) is 5.69 Å². The first-order valence-corrected chi connectivity index (χ1v) is 13.5. The summed E-state index contributed by atoms with van der Waals surface area (Å²) in [5.41, 5.74) is 4.58. The summed E-state index contributed by atoms with van der Waals surface area (Å²) < 4.78 is 1.77. The zero-order chi connectivity index (χ0) is 27.0. The van der Waals surface area contributed by atoms with E-state index in [9.17, 15) is 9.59 Å². The molecule has 2 amide bonds. The average Bonchev–Trinajstić information content (AvgIpc) is 3.30. The van der Waals surface area contributed by atoms with E-state index >= 15 is 0 Å². The SMILES string of the molecule is CCCCc1ccc(C(=O)N(CCCC)CC(=O)Nc2cc(C(C)(C)C)nn2-c2ccc(C)cc2)cc1. The van der Waals surface area contributed by atoms with E-state index < -0.39 is 0 Å². The Balaban J connectivity index is 1.80. The van der Waals surface area contributed by atoms with E-state index in [1.807, 2.05) is 61.5 Å². The van der Waals surface area contributed by atoms with Crippen molar-refractivity contribution in [1.29, 1.82) is 0 Å². The zero-order valence-corrected chi connectivity index (χ0v) is 23.3. The molecule has 198 valence electrons. The van der Waals surface area contributed by atoms with E-state index in [1.165, 1.54) is 5.56 Å². The Morgan fingerprint density at radius 1 is 0.946 bits per heavy atom. The molecule has 3 rings (SSSR count). The van der Waals surface area contributed by atoms with Crippen LogP contribution in [0.2, 0.25) is 0 Å². The van der Waals surface area contributed by atoms with Crippen molar-refractivity contribution in [3.8, 4) is 5.69 Å². The van der Waals surface area contributed by atoms with Crippen molar-refractivity contribution in [2.24, 2.45) is 0 Å². The summed E-state index contributed by atoms with van der Waals surface area (Å²) in [5, 5.41) is 7.83. The second kappa shape index (κ2) is 12.7. The topological polar surface area (TPSA) is 67.2 Å². The molecule has 0 radical (unpaired) electrons. The fraction of sp³-hybridized carbons (Fsp3) is 0.452. The van der Waals surface area contributed by atoms with Crippen LogP contribution in [0.15, 0.2) is 54.6 Å². The first kappa shape index (κ1) is 28.2. The predicted molar refractivity (Wildman–Crippen MR) is 151 cm³/mol. The number of rotatable bonds is 11. The number of anilines is 1. The Labute approximate surface area is 222 Å². The normalized spacial score (nSPS) is 11.4. The lowest BCUT2D eigenvalue weighted by Crippen LogP contribution is -2.39. The molecule has 0 aliphatic rings. The van der Waals surface area contributed by atoms with Crippen molar-refractivity contribution in [3.63, 3.8) is 0 Å². The third-order valence-electron chi connectivity index (χ3n) is 6.45. The fourth-order valence-corrected chi connectivity index (χ4v) is 4.05. The highest BCUT2D eigenvalue weighted by Gasteiger charge is 2.23. The summed E-state index contributed by atoms with van der Waals surface area (Å²) in [6, 6.07) is 17.8. The molecule has 2 aromatic carbocycles. The molecule has 0 aliphatic carbocycles. The molecule has 0 saturated carbocycles. The van der Waals surface area contributed by atoms with E-state index in [1.54, 1.807) is 9.58 Å². The molecule has 6 nitrogen and oxygen atoms in total. The molecule has 0 unspecified atom stereocenters. The Bertz CT molecular complexity index is 1170. The summed E-state index contributed by atoms with van der Waals surface area (Å²) in [7, 11) is 0. The van der Waals surface area contributed by atoms with Crippen molar-refractivity contribution >= 4 is 17.6 Å². The number of carbonyl (C=O) groups excluding carboxylic acids is 2. The van der Waals surface area contributed by atoms with Gasteiger partial charge in [0.25, 0.3) is 5.91 Å². The van der Waals surface area contributed by atoms with E-state index in [0.29, 0.717) is 17.9 Å². The molecule has 0 spiro atoms. The number of carbonyl (C=O) groups is 2. The van der Waals surface area contributed by atoms with Crippen molar-refractivity contribution < 1.29 is 9.59 Å². The van der Waals surface area contributed by atoms with Crippen molar-refractivity contribution in [2.45, 2.75) is 79.1 Å². The van der Waals surface area contributed by atoms with Gasteiger partial charge in [-0.2, -0.15) is 5.10 Å². The van der Waals surface area contributed by atoms with E-state index in [2.05, 4.69) is 39.9 Å². The maximum Gasteiger partial charge on any atom is 0.254 e. The number of unbranched alkanes of at least 4 members (excludes halogenated alkanes) is 2. The standard InChI is InChI=1S/C31H42N4O2/c1-7-9-11-24-14-16-25(17-15-24)30(37)34(20-10-8-2)22-29(36)32-28-21-27(31(4,5)6)33-35(28)26-18-12-23(3)13-19-26/h12-19,21H,7-11,20,22H2,1-6H3,(H,32,36). The monoisotopic (exact) mass is 502 g/mol. The second-order valence-corrected chi connectivity index (χ2v) is 10.8. The largest absolute Gasteiger partial charge is 0.329 e. The number of hydrogen-bond acceptors (Lipinski definition) is 3. The van der Waals surface area contributed by atoms with Crippen LogP contribution in [0.1, 0.15) is 87.5 Å². The first-order valence-electron chi connectivity index (χ1n) is 13.5. The van der Waals surface area contributed by atoms with Crippen LogP contribution in [-0.2, 0) is 16.6 Å². The lowest BCUT2D eigenvalue weighted by Gasteiger charge is -2.22. The maximum absolute atomic E-state index is 13.3. The van der Waals surface area contributed by atoms with Crippen molar-refractivity contribution in [3.05, 3.63) is 77.0 Å². The number of aromatic nitrogens is 2. The molecular formula is C31H42N4O2. The highest BCUT2D eigenvalue weighted by molar-refractivity contribution is 5.99. The molecule has 1 heterocycles. The highest BCUT2D eigenvalue weighted by Crippen LogP contribution is 2.26. The predicted octanol–water partition coefficient (Wildman–Crippen LogP) is 6.70. The Hall–Kier alpha value is -3.41. The Kier molecular flexibility index (Phi) is 9.67. The summed E-state index contributed by atoms with van der Waals surface area (Å²) in [6.07, 6.45) is 5.06. The highest BCUT2D eigenvalue weighted by atomic mass is 16.2. The van der Waals surface area contributed by atoms with Gasteiger partial charge < -0.3 is 10.2 Å². The van der Waals surface area contributed by atoms with E-state index in [0.717, 1.165) is 49.0 Å². The maximum atomic E-state index is 13.3.